The third-order valence-corrected chi connectivity index (χ3v) is 5.82. The van der Waals surface area contributed by atoms with Crippen LogP contribution in [0.3, 0.4) is 0 Å². The van der Waals surface area contributed by atoms with E-state index in [0.29, 0.717) is 47.0 Å². The van der Waals surface area contributed by atoms with E-state index >= 15 is 0 Å². The molecule has 0 unspecified atom stereocenters. The third kappa shape index (κ3) is 7.63. The molecule has 1 amide bonds. The number of methoxy groups -OCH3 is 2. The highest BCUT2D eigenvalue weighted by molar-refractivity contribution is 7.98. The Hall–Kier alpha value is -3.75. The van der Waals surface area contributed by atoms with Crippen LogP contribution in [-0.4, -0.2) is 49.0 Å². The molecule has 0 saturated heterocycles. The van der Waals surface area contributed by atoms with Crippen molar-refractivity contribution in [1.29, 1.82) is 5.26 Å². The van der Waals surface area contributed by atoms with Gasteiger partial charge in [-0.25, -0.2) is 0 Å². The predicted molar refractivity (Wildman–Crippen MR) is 136 cm³/mol. The van der Waals surface area contributed by atoms with E-state index in [4.69, 9.17) is 18.9 Å². The Morgan fingerprint density at radius 2 is 1.91 bits per heavy atom. The first-order valence-electron chi connectivity index (χ1n) is 10.4. The lowest BCUT2D eigenvalue weighted by atomic mass is 10.1. The number of nitriles is 1. The van der Waals surface area contributed by atoms with Gasteiger partial charge in [-0.2, -0.15) is 14.6 Å². The molecule has 9 nitrogen and oxygen atoms in total. The number of ether oxygens (including phenoxy) is 4. The van der Waals surface area contributed by atoms with Crippen LogP contribution in [0.4, 0.5) is 5.13 Å². The van der Waals surface area contributed by atoms with Crippen LogP contribution in [0.25, 0.3) is 6.08 Å². The molecule has 3 rings (SSSR count). The second-order valence-corrected chi connectivity index (χ2v) is 8.38. The molecular formula is C24H24N4O5S2. The third-order valence-electron chi connectivity index (χ3n) is 4.53. The molecule has 1 heterocycles. The van der Waals surface area contributed by atoms with Crippen LogP contribution in [0.15, 0.2) is 53.2 Å². The van der Waals surface area contributed by atoms with Crippen molar-refractivity contribution < 1.29 is 23.7 Å². The quantitative estimate of drug-likeness (QED) is 0.160. The number of thioether (sulfide) groups is 1. The van der Waals surface area contributed by atoms with Gasteiger partial charge in [0.25, 0.3) is 5.91 Å². The topological polar surface area (TPSA) is 116 Å². The summed E-state index contributed by atoms with van der Waals surface area (Å²) in [5.74, 6) is 1.93. The molecule has 1 N–H and O–H groups in total. The van der Waals surface area contributed by atoms with Gasteiger partial charge < -0.3 is 18.9 Å². The molecule has 0 saturated carbocycles. The Bertz CT molecular complexity index is 1220. The fourth-order valence-electron chi connectivity index (χ4n) is 2.84. The maximum absolute atomic E-state index is 12.5. The second-order valence-electron chi connectivity index (χ2n) is 6.85. The number of amides is 1. The van der Waals surface area contributed by atoms with Crippen molar-refractivity contribution >= 4 is 40.4 Å². The van der Waals surface area contributed by atoms with Crippen LogP contribution in [0.5, 0.6) is 23.0 Å². The predicted octanol–water partition coefficient (Wildman–Crippen LogP) is 4.67. The monoisotopic (exact) mass is 512 g/mol. The Labute approximate surface area is 211 Å². The van der Waals surface area contributed by atoms with Crippen LogP contribution in [0, 0.1) is 11.3 Å². The number of hydrogen-bond acceptors (Lipinski definition) is 10. The molecule has 0 bridgehead atoms. The van der Waals surface area contributed by atoms with E-state index in [1.807, 2.05) is 36.6 Å². The summed E-state index contributed by atoms with van der Waals surface area (Å²) in [6.45, 7) is 0.894. The molecule has 0 spiro atoms. The molecule has 0 fully saturated rings. The first-order valence-corrected chi connectivity index (χ1v) is 12.4. The number of anilines is 1. The Kier molecular flexibility index (Phi) is 9.77. The van der Waals surface area contributed by atoms with Gasteiger partial charge in [0.05, 0.1) is 27.4 Å². The summed E-state index contributed by atoms with van der Waals surface area (Å²) in [6, 6.07) is 14.5. The molecule has 0 aliphatic rings. The normalized spacial score (nSPS) is 10.9. The van der Waals surface area contributed by atoms with Crippen molar-refractivity contribution in [2.24, 2.45) is 0 Å². The highest BCUT2D eigenvalue weighted by Gasteiger charge is 2.13. The summed E-state index contributed by atoms with van der Waals surface area (Å²) in [7, 11) is 3.14. The van der Waals surface area contributed by atoms with Gasteiger partial charge >= 0.3 is 0 Å². The van der Waals surface area contributed by atoms with Gasteiger partial charge in [-0.3, -0.25) is 10.1 Å². The van der Waals surface area contributed by atoms with E-state index in [1.54, 1.807) is 25.3 Å². The van der Waals surface area contributed by atoms with Gasteiger partial charge in [0.2, 0.25) is 10.3 Å². The van der Waals surface area contributed by atoms with Crippen LogP contribution in [0.1, 0.15) is 12.0 Å². The Morgan fingerprint density at radius 3 is 2.63 bits per heavy atom. The van der Waals surface area contributed by atoms with E-state index in [0.717, 1.165) is 23.0 Å². The zero-order valence-electron chi connectivity index (χ0n) is 19.4. The van der Waals surface area contributed by atoms with Gasteiger partial charge in [0.1, 0.15) is 23.1 Å². The Balaban J connectivity index is 1.56. The van der Waals surface area contributed by atoms with Gasteiger partial charge in [0, 0.05) is 24.0 Å². The fourth-order valence-corrected chi connectivity index (χ4v) is 3.96. The van der Waals surface area contributed by atoms with E-state index in [9.17, 15) is 10.1 Å². The molecular weight excluding hydrogens is 488 g/mol. The number of benzene rings is 2. The van der Waals surface area contributed by atoms with E-state index < -0.39 is 5.91 Å². The number of aromatic nitrogens is 2. The molecule has 1 aromatic heterocycles. The lowest BCUT2D eigenvalue weighted by Crippen LogP contribution is -2.13. The van der Waals surface area contributed by atoms with Crippen molar-refractivity contribution in [2.75, 3.05) is 39.0 Å². The maximum atomic E-state index is 12.5. The van der Waals surface area contributed by atoms with Crippen LogP contribution in [0.2, 0.25) is 0 Å². The second kappa shape index (κ2) is 13.2. The van der Waals surface area contributed by atoms with Gasteiger partial charge in [-0.15, -0.1) is 0 Å². The smallest absolute Gasteiger partial charge is 0.268 e. The van der Waals surface area contributed by atoms with Crippen molar-refractivity contribution in [2.45, 2.75) is 11.6 Å². The summed E-state index contributed by atoms with van der Waals surface area (Å²) in [6.07, 6.45) is 3.97. The summed E-state index contributed by atoms with van der Waals surface area (Å²) >= 11 is 2.42. The van der Waals surface area contributed by atoms with Crippen molar-refractivity contribution in [3.05, 3.63) is 53.6 Å². The maximum Gasteiger partial charge on any atom is 0.268 e. The van der Waals surface area contributed by atoms with E-state index in [1.165, 1.54) is 24.9 Å². The molecule has 182 valence electrons. The minimum absolute atomic E-state index is 0.0729. The van der Waals surface area contributed by atoms with Crippen LogP contribution < -0.4 is 24.3 Å². The largest absolute Gasteiger partial charge is 0.497 e. The Morgan fingerprint density at radius 1 is 1.11 bits per heavy atom. The summed E-state index contributed by atoms with van der Waals surface area (Å²) in [5, 5.41) is 12.9. The van der Waals surface area contributed by atoms with Crippen LogP contribution in [-0.2, 0) is 4.79 Å². The van der Waals surface area contributed by atoms with E-state index in [2.05, 4.69) is 14.7 Å². The fraction of sp³-hybridized carbons (Fsp3) is 0.250. The number of hydrogen-bond donors (Lipinski definition) is 1. The van der Waals surface area contributed by atoms with Gasteiger partial charge in [-0.1, -0.05) is 23.9 Å². The van der Waals surface area contributed by atoms with Crippen molar-refractivity contribution in [1.82, 2.24) is 9.36 Å². The molecule has 0 atom stereocenters. The first kappa shape index (κ1) is 25.9. The molecule has 0 radical (unpaired) electrons. The average molecular weight is 513 g/mol. The minimum Gasteiger partial charge on any atom is -0.497 e. The first-order chi connectivity index (χ1) is 17.1. The summed E-state index contributed by atoms with van der Waals surface area (Å²) in [5.41, 5.74) is 0.542. The molecule has 3 aromatic rings. The highest BCUT2D eigenvalue weighted by Crippen LogP contribution is 2.29. The summed E-state index contributed by atoms with van der Waals surface area (Å²) in [4.78, 5) is 16.6. The zero-order valence-corrected chi connectivity index (χ0v) is 21.1. The number of rotatable bonds is 12. The molecule has 0 aliphatic carbocycles. The van der Waals surface area contributed by atoms with Gasteiger partial charge in [0.15, 0.2) is 11.5 Å². The van der Waals surface area contributed by atoms with Gasteiger partial charge in [-0.05, 0) is 42.2 Å². The SMILES string of the molecule is COc1cccc(OCCCOc2ccc(C=C(C#N)C(=O)Nc3nc(SC)ns3)cc2OC)c1. The molecule has 11 heteroatoms. The van der Waals surface area contributed by atoms with Crippen LogP contribution >= 0.6 is 23.3 Å². The molecule has 0 aliphatic heterocycles. The standard InChI is InChI=1S/C24H24N4O5S2/c1-30-18-6-4-7-19(14-18)32-10-5-11-33-20-9-8-16(13-21(20)31-2)12-17(15-25)22(29)26-23-27-24(34-3)28-35-23/h4,6-9,12-14H,5,10-11H2,1-3H3,(H,26,27,28,29). The van der Waals surface area contributed by atoms with Crippen molar-refractivity contribution in [3.8, 4) is 29.1 Å². The number of carbonyl (C=O) groups is 1. The molecule has 2 aromatic carbocycles. The average Bonchev–Trinajstić information content (AvgIpc) is 3.35. The number of nitrogens with zero attached hydrogens (tertiary/aromatic N) is 3. The molecule has 35 heavy (non-hydrogen) atoms. The summed E-state index contributed by atoms with van der Waals surface area (Å²) < 4.78 is 26.2. The highest BCUT2D eigenvalue weighted by atomic mass is 32.2. The number of nitrogens with one attached hydrogen (secondary N) is 1. The minimum atomic E-state index is -0.563. The number of carbonyl (C=O) groups excluding carboxylic acids is 1. The lowest BCUT2D eigenvalue weighted by Gasteiger charge is -2.12. The van der Waals surface area contributed by atoms with Crippen molar-refractivity contribution in [3.63, 3.8) is 0 Å². The zero-order chi connectivity index (χ0) is 25.0. The lowest BCUT2D eigenvalue weighted by molar-refractivity contribution is -0.112. The van der Waals surface area contributed by atoms with E-state index in [-0.39, 0.29) is 5.57 Å².